The molecule has 2 aromatic carbocycles. The molecular weight excluding hydrogens is 298 g/mol. The van der Waals surface area contributed by atoms with Crippen molar-refractivity contribution < 1.29 is 5.11 Å². The van der Waals surface area contributed by atoms with Crippen LogP contribution in [0.1, 0.15) is 24.4 Å². The van der Waals surface area contributed by atoms with Crippen molar-refractivity contribution in [3.05, 3.63) is 64.9 Å². The molecule has 3 aromatic rings. The zero-order valence-corrected chi connectivity index (χ0v) is 13.0. The summed E-state index contributed by atoms with van der Waals surface area (Å²) in [6, 6.07) is 14.9. The molecule has 0 saturated heterocycles. The van der Waals surface area contributed by atoms with Crippen molar-refractivity contribution >= 4 is 22.6 Å². The van der Waals surface area contributed by atoms with Crippen molar-refractivity contribution in [2.75, 3.05) is 0 Å². The van der Waals surface area contributed by atoms with Gasteiger partial charge in [0.05, 0.1) is 29.7 Å². The van der Waals surface area contributed by atoms with Crippen LogP contribution in [0.4, 0.5) is 0 Å². The van der Waals surface area contributed by atoms with Gasteiger partial charge in [-0.05, 0) is 36.8 Å². The lowest BCUT2D eigenvalue weighted by Gasteiger charge is -2.16. The molecule has 2 unspecified atom stereocenters. The van der Waals surface area contributed by atoms with Gasteiger partial charge in [-0.15, -0.1) is 0 Å². The highest BCUT2D eigenvalue weighted by molar-refractivity contribution is 6.30. The highest BCUT2D eigenvalue weighted by Gasteiger charge is 2.19. The van der Waals surface area contributed by atoms with Crippen molar-refractivity contribution in [2.24, 2.45) is 5.73 Å². The summed E-state index contributed by atoms with van der Waals surface area (Å²) >= 11 is 6.06. The van der Waals surface area contributed by atoms with Crippen LogP contribution < -0.4 is 5.73 Å². The molecule has 3 N–H and O–H groups in total. The maximum atomic E-state index is 9.79. The van der Waals surface area contributed by atoms with E-state index >= 15 is 0 Å². The lowest BCUT2D eigenvalue weighted by atomic mass is 10.1. The monoisotopic (exact) mass is 315 g/mol. The zero-order chi connectivity index (χ0) is 15.7. The number of nitrogens with zero attached hydrogens (tertiary/aromatic N) is 2. The number of nitrogens with two attached hydrogens (primary N) is 1. The third-order valence-corrected chi connectivity index (χ3v) is 3.85. The Balaban J connectivity index is 2.12. The van der Waals surface area contributed by atoms with E-state index in [4.69, 9.17) is 17.3 Å². The number of benzene rings is 2. The van der Waals surface area contributed by atoms with Gasteiger partial charge in [0.15, 0.2) is 0 Å². The molecule has 0 amide bonds. The highest BCUT2D eigenvalue weighted by atomic mass is 35.5. The van der Waals surface area contributed by atoms with Crippen LogP contribution in [0, 0.1) is 0 Å². The first-order valence-electron chi connectivity index (χ1n) is 7.20. The summed E-state index contributed by atoms with van der Waals surface area (Å²) in [5, 5.41) is 10.4. The van der Waals surface area contributed by atoms with Gasteiger partial charge in [0.25, 0.3) is 0 Å². The van der Waals surface area contributed by atoms with Crippen LogP contribution in [-0.2, 0) is 6.54 Å². The molecule has 114 valence electrons. The number of hydrogen-bond acceptors (Lipinski definition) is 3. The van der Waals surface area contributed by atoms with Crippen molar-refractivity contribution in [3.63, 3.8) is 0 Å². The Kier molecular flexibility index (Phi) is 4.16. The predicted octanol–water partition coefficient (Wildman–Crippen LogP) is 3.12. The van der Waals surface area contributed by atoms with Gasteiger partial charge in [-0.1, -0.05) is 35.9 Å². The van der Waals surface area contributed by atoms with Crippen LogP contribution in [0.2, 0.25) is 5.02 Å². The molecule has 0 spiro atoms. The van der Waals surface area contributed by atoms with Gasteiger partial charge >= 0.3 is 0 Å². The van der Waals surface area contributed by atoms with Crippen LogP contribution >= 0.6 is 11.6 Å². The third kappa shape index (κ3) is 2.86. The number of aliphatic hydroxyl groups is 1. The van der Waals surface area contributed by atoms with Crippen LogP contribution in [-0.4, -0.2) is 20.8 Å². The first kappa shape index (κ1) is 15.0. The number of para-hydroxylation sites is 2. The lowest BCUT2D eigenvalue weighted by molar-refractivity contribution is 0.173. The molecule has 0 aliphatic heterocycles. The Morgan fingerprint density at radius 3 is 2.73 bits per heavy atom. The van der Waals surface area contributed by atoms with Crippen LogP contribution in [0.3, 0.4) is 0 Å². The largest absolute Gasteiger partial charge is 0.392 e. The molecular formula is C17H18ClN3O. The van der Waals surface area contributed by atoms with Gasteiger partial charge in [0.1, 0.15) is 5.82 Å². The molecule has 1 heterocycles. The Morgan fingerprint density at radius 2 is 2.00 bits per heavy atom. The van der Waals surface area contributed by atoms with Gasteiger partial charge in [0.2, 0.25) is 0 Å². The molecule has 0 saturated carbocycles. The summed E-state index contributed by atoms with van der Waals surface area (Å²) in [6.07, 6.45) is -0.483. The summed E-state index contributed by atoms with van der Waals surface area (Å²) in [6.45, 7) is 2.20. The topological polar surface area (TPSA) is 64.1 Å². The second kappa shape index (κ2) is 6.08. The number of rotatable bonds is 4. The van der Waals surface area contributed by atoms with E-state index in [9.17, 15) is 5.11 Å². The lowest BCUT2D eigenvalue weighted by Crippen LogP contribution is -2.21. The van der Waals surface area contributed by atoms with E-state index in [1.165, 1.54) is 0 Å². The average molecular weight is 316 g/mol. The van der Waals surface area contributed by atoms with Gasteiger partial charge in [-0.25, -0.2) is 4.98 Å². The molecule has 4 nitrogen and oxygen atoms in total. The Hall–Kier alpha value is -1.88. The molecule has 0 fully saturated rings. The standard InChI is InChI=1S/C17H18ClN3O/c1-11(22)10-21-15-8-3-2-7-14(15)20-17(21)16(19)12-5-4-6-13(18)9-12/h2-9,11,16,22H,10,19H2,1H3. The van der Waals surface area contributed by atoms with Gasteiger partial charge in [0, 0.05) is 5.02 Å². The summed E-state index contributed by atoms with van der Waals surface area (Å²) in [7, 11) is 0. The Labute approximate surface area is 134 Å². The number of imidazole rings is 1. The maximum absolute atomic E-state index is 9.79. The molecule has 22 heavy (non-hydrogen) atoms. The van der Waals surface area contributed by atoms with E-state index in [0.29, 0.717) is 11.6 Å². The summed E-state index contributed by atoms with van der Waals surface area (Å²) in [4.78, 5) is 4.66. The third-order valence-electron chi connectivity index (χ3n) is 3.62. The fourth-order valence-corrected chi connectivity index (χ4v) is 2.84. The second-order valence-electron chi connectivity index (χ2n) is 5.45. The normalized spacial score (nSPS) is 14.2. The van der Waals surface area contributed by atoms with Crippen molar-refractivity contribution in [2.45, 2.75) is 25.6 Å². The van der Waals surface area contributed by atoms with E-state index in [-0.39, 0.29) is 0 Å². The van der Waals surface area contributed by atoms with Crippen molar-refractivity contribution in [1.29, 1.82) is 0 Å². The molecule has 0 aliphatic rings. The first-order chi connectivity index (χ1) is 10.6. The SMILES string of the molecule is CC(O)Cn1c(C(N)c2cccc(Cl)c2)nc2ccccc21. The van der Waals surface area contributed by atoms with Gasteiger partial charge in [-0.3, -0.25) is 0 Å². The van der Waals surface area contributed by atoms with Crippen molar-refractivity contribution in [3.8, 4) is 0 Å². The highest BCUT2D eigenvalue weighted by Crippen LogP contribution is 2.26. The molecule has 0 aliphatic carbocycles. The Bertz CT molecular complexity index is 797. The maximum Gasteiger partial charge on any atom is 0.131 e. The van der Waals surface area contributed by atoms with Crippen LogP contribution in [0.5, 0.6) is 0 Å². The minimum absolute atomic E-state index is 0.398. The van der Waals surface area contributed by atoms with E-state index in [0.717, 1.165) is 22.4 Å². The Morgan fingerprint density at radius 1 is 1.23 bits per heavy atom. The minimum Gasteiger partial charge on any atom is -0.392 e. The fraction of sp³-hybridized carbons (Fsp3) is 0.235. The van der Waals surface area contributed by atoms with Crippen LogP contribution in [0.25, 0.3) is 11.0 Å². The summed E-state index contributed by atoms with van der Waals surface area (Å²) in [5.74, 6) is 0.726. The van der Waals surface area contributed by atoms with Crippen LogP contribution in [0.15, 0.2) is 48.5 Å². The predicted molar refractivity (Wildman–Crippen MR) is 88.9 cm³/mol. The second-order valence-corrected chi connectivity index (χ2v) is 5.89. The number of halogens is 1. The van der Waals surface area contributed by atoms with Gasteiger partial charge in [-0.2, -0.15) is 0 Å². The summed E-state index contributed by atoms with van der Waals surface area (Å²) in [5.41, 5.74) is 9.14. The summed E-state index contributed by atoms with van der Waals surface area (Å²) < 4.78 is 1.98. The van der Waals surface area contributed by atoms with E-state index in [1.54, 1.807) is 6.92 Å². The quantitative estimate of drug-likeness (QED) is 0.777. The molecule has 2 atom stereocenters. The van der Waals surface area contributed by atoms with E-state index in [2.05, 4.69) is 4.98 Å². The minimum atomic E-state index is -0.483. The number of fused-ring (bicyclic) bond motifs is 1. The molecule has 1 aromatic heterocycles. The van der Waals surface area contributed by atoms with Crippen molar-refractivity contribution in [1.82, 2.24) is 9.55 Å². The smallest absolute Gasteiger partial charge is 0.131 e. The van der Waals surface area contributed by atoms with E-state index < -0.39 is 12.1 Å². The molecule has 0 radical (unpaired) electrons. The average Bonchev–Trinajstić information content (AvgIpc) is 2.85. The zero-order valence-electron chi connectivity index (χ0n) is 12.3. The number of aliphatic hydroxyl groups excluding tert-OH is 1. The molecule has 5 heteroatoms. The number of aromatic nitrogens is 2. The molecule has 3 rings (SSSR count). The van der Waals surface area contributed by atoms with E-state index in [1.807, 2.05) is 53.1 Å². The fourth-order valence-electron chi connectivity index (χ4n) is 2.64. The first-order valence-corrected chi connectivity index (χ1v) is 7.58. The van der Waals surface area contributed by atoms with Gasteiger partial charge < -0.3 is 15.4 Å². The number of hydrogen-bond donors (Lipinski definition) is 2. The molecule has 0 bridgehead atoms.